The molecule has 4 rings (SSSR count). The van der Waals surface area contributed by atoms with Crippen LogP contribution in [0.15, 0.2) is 72.1 Å². The first-order valence-corrected chi connectivity index (χ1v) is 10.2. The summed E-state index contributed by atoms with van der Waals surface area (Å²) >= 11 is 0. The number of carbonyl (C=O) groups excluding carboxylic acids is 1. The van der Waals surface area contributed by atoms with Crippen molar-refractivity contribution in [1.29, 1.82) is 0 Å². The van der Waals surface area contributed by atoms with Crippen LogP contribution in [-0.2, 0) is 13.2 Å². The van der Waals surface area contributed by atoms with Crippen LogP contribution in [0, 0.1) is 6.92 Å². The Hall–Kier alpha value is -4.30. The standard InChI is InChI=1S/C25H22N4O4/c1-16-24(31)21(20(14-30)12-27-16)13-28-29-25(32)19-9-7-17(8-10-19)15-33-22-6-2-4-18-5-3-11-26-23(18)22/h2-13,30-31H,14-15H2,1H3,(H,29,32)/b28-13+. The molecule has 8 heteroatoms. The minimum absolute atomic E-state index is 0.0923. The Kier molecular flexibility index (Phi) is 6.56. The van der Waals surface area contributed by atoms with Crippen molar-refractivity contribution >= 4 is 23.0 Å². The number of aryl methyl sites for hydroxylation is 1. The number of rotatable bonds is 7. The lowest BCUT2D eigenvalue weighted by Crippen LogP contribution is -2.17. The minimum Gasteiger partial charge on any atom is -0.505 e. The number of aromatic hydroxyl groups is 1. The number of hydrogen-bond donors (Lipinski definition) is 3. The fourth-order valence-electron chi connectivity index (χ4n) is 3.25. The molecule has 3 N–H and O–H groups in total. The number of aliphatic hydroxyl groups is 1. The van der Waals surface area contributed by atoms with Crippen molar-refractivity contribution in [3.8, 4) is 11.5 Å². The van der Waals surface area contributed by atoms with E-state index in [1.165, 1.54) is 12.4 Å². The number of nitrogens with zero attached hydrogens (tertiary/aromatic N) is 3. The highest BCUT2D eigenvalue weighted by atomic mass is 16.5. The second-order valence-electron chi connectivity index (χ2n) is 7.31. The van der Waals surface area contributed by atoms with Gasteiger partial charge in [-0.3, -0.25) is 14.8 Å². The van der Waals surface area contributed by atoms with Gasteiger partial charge in [-0.2, -0.15) is 5.10 Å². The molecule has 0 aliphatic rings. The predicted octanol–water partition coefficient (Wildman–Crippen LogP) is 3.48. The topological polar surface area (TPSA) is 117 Å². The Balaban J connectivity index is 1.39. The van der Waals surface area contributed by atoms with Crippen LogP contribution in [0.3, 0.4) is 0 Å². The van der Waals surface area contributed by atoms with E-state index in [0.717, 1.165) is 16.5 Å². The van der Waals surface area contributed by atoms with E-state index in [4.69, 9.17) is 4.74 Å². The highest BCUT2D eigenvalue weighted by Crippen LogP contribution is 2.24. The van der Waals surface area contributed by atoms with Gasteiger partial charge in [-0.15, -0.1) is 0 Å². The highest BCUT2D eigenvalue weighted by Gasteiger charge is 2.10. The molecule has 2 aromatic carbocycles. The van der Waals surface area contributed by atoms with E-state index in [0.29, 0.717) is 34.7 Å². The second kappa shape index (κ2) is 9.88. The summed E-state index contributed by atoms with van der Waals surface area (Å²) in [6, 6.07) is 16.6. The van der Waals surface area contributed by atoms with Crippen molar-refractivity contribution in [2.45, 2.75) is 20.1 Å². The van der Waals surface area contributed by atoms with Crippen LogP contribution >= 0.6 is 0 Å². The lowest BCUT2D eigenvalue weighted by Gasteiger charge is -2.09. The van der Waals surface area contributed by atoms with Crippen molar-refractivity contribution in [3.63, 3.8) is 0 Å². The normalized spacial score (nSPS) is 11.1. The molecular weight excluding hydrogens is 420 g/mol. The van der Waals surface area contributed by atoms with Gasteiger partial charge in [0.25, 0.3) is 5.91 Å². The third kappa shape index (κ3) is 4.97. The molecule has 0 saturated carbocycles. The highest BCUT2D eigenvalue weighted by molar-refractivity contribution is 5.95. The number of nitrogens with one attached hydrogen (secondary N) is 1. The summed E-state index contributed by atoms with van der Waals surface area (Å²) in [5.41, 5.74) is 5.64. The van der Waals surface area contributed by atoms with E-state index in [1.807, 2.05) is 30.3 Å². The van der Waals surface area contributed by atoms with Crippen LogP contribution in [0.25, 0.3) is 10.9 Å². The third-order valence-electron chi connectivity index (χ3n) is 5.09. The maximum Gasteiger partial charge on any atom is 0.271 e. The Labute approximate surface area is 190 Å². The van der Waals surface area contributed by atoms with Crippen LogP contribution in [-0.4, -0.2) is 32.3 Å². The summed E-state index contributed by atoms with van der Waals surface area (Å²) in [4.78, 5) is 20.8. The van der Waals surface area contributed by atoms with Gasteiger partial charge in [-0.25, -0.2) is 5.43 Å². The average Bonchev–Trinajstić information content (AvgIpc) is 2.85. The summed E-state index contributed by atoms with van der Waals surface area (Å²) in [6.45, 7) is 1.66. The van der Waals surface area contributed by atoms with Gasteiger partial charge in [0.05, 0.1) is 18.5 Å². The summed E-state index contributed by atoms with van der Waals surface area (Å²) in [5.74, 6) is 0.194. The SMILES string of the molecule is Cc1ncc(CO)c(/C=N/NC(=O)c2ccc(COc3cccc4cccnc34)cc2)c1O. The Morgan fingerprint density at radius 1 is 1.12 bits per heavy atom. The number of aromatic nitrogens is 2. The summed E-state index contributed by atoms with van der Waals surface area (Å²) in [5, 5.41) is 24.4. The van der Waals surface area contributed by atoms with Crippen LogP contribution in [0.2, 0.25) is 0 Å². The Morgan fingerprint density at radius 2 is 1.91 bits per heavy atom. The van der Waals surface area contributed by atoms with Crippen LogP contribution in [0.1, 0.15) is 32.7 Å². The fraction of sp³-hybridized carbons (Fsp3) is 0.120. The molecule has 2 heterocycles. The smallest absolute Gasteiger partial charge is 0.271 e. The van der Waals surface area contributed by atoms with Crippen LogP contribution in [0.5, 0.6) is 11.5 Å². The van der Waals surface area contributed by atoms with Crippen molar-refractivity contribution in [1.82, 2.24) is 15.4 Å². The lowest BCUT2D eigenvalue weighted by molar-refractivity contribution is 0.0955. The van der Waals surface area contributed by atoms with Crippen LogP contribution in [0.4, 0.5) is 0 Å². The fourth-order valence-corrected chi connectivity index (χ4v) is 3.25. The van der Waals surface area contributed by atoms with E-state index >= 15 is 0 Å². The number of pyridine rings is 2. The molecule has 1 amide bonds. The number of amides is 1. The van der Waals surface area contributed by atoms with E-state index in [2.05, 4.69) is 20.5 Å². The molecule has 0 radical (unpaired) electrons. The Morgan fingerprint density at radius 3 is 2.70 bits per heavy atom. The van der Waals surface area contributed by atoms with Crippen molar-refractivity contribution < 1.29 is 19.7 Å². The molecule has 2 aromatic heterocycles. The van der Waals surface area contributed by atoms with Gasteiger partial charge >= 0.3 is 0 Å². The summed E-state index contributed by atoms with van der Waals surface area (Å²) in [6.07, 6.45) is 4.47. The number of benzene rings is 2. The van der Waals surface area contributed by atoms with Gasteiger partial charge in [-0.05, 0) is 36.8 Å². The molecule has 0 aliphatic heterocycles. The summed E-state index contributed by atoms with van der Waals surface area (Å²) in [7, 11) is 0. The molecule has 166 valence electrons. The number of hydrogen-bond acceptors (Lipinski definition) is 7. The number of fused-ring (bicyclic) bond motifs is 1. The van der Waals surface area contributed by atoms with E-state index in [-0.39, 0.29) is 12.4 Å². The monoisotopic (exact) mass is 442 g/mol. The van der Waals surface area contributed by atoms with E-state index in [1.54, 1.807) is 37.4 Å². The first-order chi connectivity index (χ1) is 16.1. The zero-order valence-corrected chi connectivity index (χ0v) is 17.9. The number of carbonyl (C=O) groups is 1. The molecule has 0 fully saturated rings. The third-order valence-corrected chi connectivity index (χ3v) is 5.09. The van der Waals surface area contributed by atoms with Gasteiger partial charge in [0.2, 0.25) is 0 Å². The average molecular weight is 442 g/mol. The molecule has 33 heavy (non-hydrogen) atoms. The van der Waals surface area contributed by atoms with Gasteiger partial charge in [0, 0.05) is 34.5 Å². The molecular formula is C25H22N4O4. The van der Waals surface area contributed by atoms with Gasteiger partial charge < -0.3 is 14.9 Å². The van der Waals surface area contributed by atoms with Crippen molar-refractivity contribution in [2.24, 2.45) is 5.10 Å². The minimum atomic E-state index is -0.409. The molecule has 0 aliphatic carbocycles. The number of aliphatic hydroxyl groups excluding tert-OH is 1. The Bertz CT molecular complexity index is 1310. The first-order valence-electron chi connectivity index (χ1n) is 10.2. The molecule has 0 bridgehead atoms. The molecule has 8 nitrogen and oxygen atoms in total. The van der Waals surface area contributed by atoms with Crippen LogP contribution < -0.4 is 10.2 Å². The molecule has 0 saturated heterocycles. The number of ether oxygens (including phenoxy) is 1. The predicted molar refractivity (Wildman–Crippen MR) is 124 cm³/mol. The molecule has 0 atom stereocenters. The maximum atomic E-state index is 12.4. The maximum absolute atomic E-state index is 12.4. The second-order valence-corrected chi connectivity index (χ2v) is 7.31. The van der Waals surface area contributed by atoms with Gasteiger partial charge in [0.15, 0.2) is 0 Å². The first kappa shape index (κ1) is 21.9. The van der Waals surface area contributed by atoms with Gasteiger partial charge in [-0.1, -0.05) is 30.3 Å². The number of hydrazone groups is 1. The number of para-hydroxylation sites is 1. The molecule has 4 aromatic rings. The largest absolute Gasteiger partial charge is 0.505 e. The van der Waals surface area contributed by atoms with Crippen molar-refractivity contribution in [3.05, 3.63) is 94.9 Å². The van der Waals surface area contributed by atoms with E-state index < -0.39 is 5.91 Å². The quantitative estimate of drug-likeness (QED) is 0.298. The molecule has 0 spiro atoms. The summed E-state index contributed by atoms with van der Waals surface area (Å²) < 4.78 is 5.93. The van der Waals surface area contributed by atoms with Crippen molar-refractivity contribution in [2.75, 3.05) is 0 Å². The zero-order chi connectivity index (χ0) is 23.2. The zero-order valence-electron chi connectivity index (χ0n) is 17.9. The van der Waals surface area contributed by atoms with Gasteiger partial charge in [0.1, 0.15) is 23.6 Å². The lowest BCUT2D eigenvalue weighted by atomic mass is 10.1. The molecule has 0 unspecified atom stereocenters. The van der Waals surface area contributed by atoms with E-state index in [9.17, 15) is 15.0 Å².